The van der Waals surface area contributed by atoms with Crippen LogP contribution in [0.4, 0.5) is 0 Å². The first kappa shape index (κ1) is 12.7. The second-order valence-electron chi connectivity index (χ2n) is 4.08. The first-order chi connectivity index (χ1) is 9.15. The normalized spacial score (nSPS) is 11.1. The van der Waals surface area contributed by atoms with Gasteiger partial charge in [-0.05, 0) is 29.8 Å². The maximum Gasteiger partial charge on any atom is 0.145 e. The number of hydrogen-bond donors (Lipinski definition) is 0. The fourth-order valence-electron chi connectivity index (χ4n) is 1.95. The molecule has 0 radical (unpaired) electrons. The predicted octanol–water partition coefficient (Wildman–Crippen LogP) is 4.44. The van der Waals surface area contributed by atoms with E-state index in [9.17, 15) is 0 Å². The van der Waals surface area contributed by atoms with Gasteiger partial charge in [0.2, 0.25) is 0 Å². The number of halogens is 3. The van der Waals surface area contributed by atoms with Crippen molar-refractivity contribution >= 4 is 45.8 Å². The van der Waals surface area contributed by atoms with Crippen LogP contribution in [0.2, 0.25) is 15.2 Å². The van der Waals surface area contributed by atoms with Crippen LogP contribution in [0.15, 0.2) is 36.8 Å². The van der Waals surface area contributed by atoms with E-state index in [0.29, 0.717) is 21.7 Å². The third-order valence-corrected chi connectivity index (χ3v) is 3.76. The number of rotatable bonds is 2. The Morgan fingerprint density at radius 1 is 1.05 bits per heavy atom. The zero-order chi connectivity index (χ0) is 13.4. The van der Waals surface area contributed by atoms with Gasteiger partial charge >= 0.3 is 0 Å². The van der Waals surface area contributed by atoms with Crippen molar-refractivity contribution in [1.29, 1.82) is 0 Å². The van der Waals surface area contributed by atoms with Crippen LogP contribution >= 0.6 is 34.8 Å². The Balaban J connectivity index is 2.06. The molecule has 3 rings (SSSR count). The molecule has 0 aliphatic carbocycles. The molecule has 2 heterocycles. The summed E-state index contributed by atoms with van der Waals surface area (Å²) in [5.74, 6) is 0. The largest absolute Gasteiger partial charge is 0.328 e. The molecule has 96 valence electrons. The maximum absolute atomic E-state index is 6.16. The van der Waals surface area contributed by atoms with Crippen molar-refractivity contribution in [1.82, 2.24) is 14.5 Å². The van der Waals surface area contributed by atoms with E-state index in [1.54, 1.807) is 12.1 Å². The molecule has 0 unspecified atom stereocenters. The molecule has 2 aromatic heterocycles. The lowest BCUT2D eigenvalue weighted by molar-refractivity contribution is 0.824. The topological polar surface area (TPSA) is 30.7 Å². The average molecular weight is 313 g/mol. The number of benzene rings is 1. The van der Waals surface area contributed by atoms with Crippen molar-refractivity contribution in [2.24, 2.45) is 0 Å². The summed E-state index contributed by atoms with van der Waals surface area (Å²) in [6.07, 6.45) is 3.35. The maximum atomic E-state index is 6.16. The van der Waals surface area contributed by atoms with E-state index in [2.05, 4.69) is 9.97 Å². The van der Waals surface area contributed by atoms with Crippen LogP contribution in [0.1, 0.15) is 5.56 Å². The number of fused-ring (bicyclic) bond motifs is 1. The second-order valence-corrected chi connectivity index (χ2v) is 5.28. The molecule has 0 amide bonds. The Labute approximate surface area is 124 Å². The summed E-state index contributed by atoms with van der Waals surface area (Å²) < 4.78 is 1.96. The van der Waals surface area contributed by atoms with E-state index in [1.807, 2.05) is 22.9 Å². The molecule has 0 spiro atoms. The second kappa shape index (κ2) is 5.00. The molecule has 0 fully saturated rings. The van der Waals surface area contributed by atoms with Gasteiger partial charge in [-0.2, -0.15) is 0 Å². The minimum Gasteiger partial charge on any atom is -0.328 e. The lowest BCUT2D eigenvalue weighted by Crippen LogP contribution is -2.00. The van der Waals surface area contributed by atoms with Gasteiger partial charge in [0.15, 0.2) is 0 Å². The van der Waals surface area contributed by atoms with E-state index >= 15 is 0 Å². The first-order valence-corrected chi connectivity index (χ1v) is 6.68. The molecule has 0 N–H and O–H groups in total. The van der Waals surface area contributed by atoms with Gasteiger partial charge in [-0.15, -0.1) is 0 Å². The Bertz CT molecular complexity index is 752. The molecule has 0 bridgehead atoms. The third kappa shape index (κ3) is 2.41. The van der Waals surface area contributed by atoms with E-state index in [4.69, 9.17) is 34.8 Å². The lowest BCUT2D eigenvalue weighted by atomic mass is 10.2. The molecule has 0 aliphatic heterocycles. The number of aromatic nitrogens is 3. The molecular weight excluding hydrogens is 305 g/mol. The van der Waals surface area contributed by atoms with Crippen molar-refractivity contribution in [3.8, 4) is 0 Å². The van der Waals surface area contributed by atoms with Gasteiger partial charge in [-0.3, -0.25) is 0 Å². The molecule has 3 nitrogen and oxygen atoms in total. The number of nitrogens with zero attached hydrogens (tertiary/aromatic N) is 3. The summed E-state index contributed by atoms with van der Waals surface area (Å²) in [5.41, 5.74) is 1.71. The fourth-order valence-corrected chi connectivity index (χ4v) is 2.51. The van der Waals surface area contributed by atoms with Crippen LogP contribution in [-0.4, -0.2) is 14.5 Å². The summed E-state index contributed by atoms with van der Waals surface area (Å²) in [6.45, 7) is 0.580. The predicted molar refractivity (Wildman–Crippen MR) is 78.1 cm³/mol. The lowest BCUT2D eigenvalue weighted by Gasteiger charge is -2.07. The summed E-state index contributed by atoms with van der Waals surface area (Å²) >= 11 is 18.2. The van der Waals surface area contributed by atoms with Gasteiger partial charge in [0.25, 0.3) is 0 Å². The highest BCUT2D eigenvalue weighted by Gasteiger charge is 2.09. The van der Waals surface area contributed by atoms with Crippen LogP contribution in [-0.2, 0) is 6.54 Å². The fraction of sp³-hybridized carbons (Fsp3) is 0.0769. The van der Waals surface area contributed by atoms with Crippen molar-refractivity contribution in [2.45, 2.75) is 6.54 Å². The Kier molecular flexibility index (Phi) is 3.35. The van der Waals surface area contributed by atoms with E-state index < -0.39 is 0 Å². The zero-order valence-corrected chi connectivity index (χ0v) is 11.9. The average Bonchev–Trinajstić information content (AvgIpc) is 2.79. The van der Waals surface area contributed by atoms with Crippen molar-refractivity contribution in [3.05, 3.63) is 57.6 Å². The highest BCUT2D eigenvalue weighted by atomic mass is 35.5. The molecule has 1 aromatic carbocycles. The van der Waals surface area contributed by atoms with Gasteiger partial charge in [-0.25, -0.2) is 9.97 Å². The van der Waals surface area contributed by atoms with Gasteiger partial charge in [0.1, 0.15) is 17.1 Å². The van der Waals surface area contributed by atoms with Crippen LogP contribution in [0.25, 0.3) is 11.0 Å². The highest BCUT2D eigenvalue weighted by Crippen LogP contribution is 2.25. The quantitative estimate of drug-likeness (QED) is 0.655. The smallest absolute Gasteiger partial charge is 0.145 e. The SMILES string of the molecule is Clc1ccc(Cl)c(Cn2ccc3c(Cl)ncnc32)c1. The van der Waals surface area contributed by atoms with Crippen molar-refractivity contribution in [3.63, 3.8) is 0 Å². The Hall–Kier alpha value is -1.29. The standard InChI is InChI=1S/C13H8Cl3N3/c14-9-1-2-11(15)8(5-9)6-19-4-3-10-12(16)17-7-18-13(10)19/h1-5,7H,6H2. The summed E-state index contributed by atoms with van der Waals surface area (Å²) in [7, 11) is 0. The van der Waals surface area contributed by atoms with E-state index in [1.165, 1.54) is 6.33 Å². The molecule has 0 aliphatic rings. The molecular formula is C13H8Cl3N3. The van der Waals surface area contributed by atoms with Gasteiger partial charge in [-0.1, -0.05) is 34.8 Å². The molecule has 3 aromatic rings. The van der Waals surface area contributed by atoms with E-state index in [0.717, 1.165) is 16.6 Å². The third-order valence-electron chi connectivity index (χ3n) is 2.86. The minimum absolute atomic E-state index is 0.445. The molecule has 6 heteroatoms. The Morgan fingerprint density at radius 2 is 1.89 bits per heavy atom. The number of hydrogen-bond acceptors (Lipinski definition) is 2. The van der Waals surface area contributed by atoms with Crippen LogP contribution in [0, 0.1) is 0 Å². The van der Waals surface area contributed by atoms with Crippen LogP contribution in [0.3, 0.4) is 0 Å². The van der Waals surface area contributed by atoms with Gasteiger partial charge in [0, 0.05) is 16.2 Å². The molecule has 0 atom stereocenters. The van der Waals surface area contributed by atoms with Crippen molar-refractivity contribution in [2.75, 3.05) is 0 Å². The van der Waals surface area contributed by atoms with Crippen molar-refractivity contribution < 1.29 is 0 Å². The van der Waals surface area contributed by atoms with Crippen LogP contribution in [0.5, 0.6) is 0 Å². The van der Waals surface area contributed by atoms with Gasteiger partial charge in [0.05, 0.1) is 11.9 Å². The summed E-state index contributed by atoms with van der Waals surface area (Å²) in [4.78, 5) is 8.19. The molecule has 0 saturated heterocycles. The first-order valence-electron chi connectivity index (χ1n) is 5.54. The highest BCUT2D eigenvalue weighted by molar-refractivity contribution is 6.34. The minimum atomic E-state index is 0.445. The molecule has 19 heavy (non-hydrogen) atoms. The Morgan fingerprint density at radius 3 is 2.74 bits per heavy atom. The van der Waals surface area contributed by atoms with Crippen LogP contribution < -0.4 is 0 Å². The summed E-state index contributed by atoms with van der Waals surface area (Å²) in [5, 5.41) is 2.60. The van der Waals surface area contributed by atoms with E-state index in [-0.39, 0.29) is 0 Å². The molecule has 0 saturated carbocycles. The summed E-state index contributed by atoms with van der Waals surface area (Å²) in [6, 6.07) is 7.28. The zero-order valence-electron chi connectivity index (χ0n) is 9.65. The monoisotopic (exact) mass is 311 g/mol. The van der Waals surface area contributed by atoms with Gasteiger partial charge < -0.3 is 4.57 Å².